The summed E-state index contributed by atoms with van der Waals surface area (Å²) in [4.78, 5) is 4.22. The Hall–Kier alpha value is -2.35. The van der Waals surface area contributed by atoms with Crippen molar-refractivity contribution in [3.8, 4) is 17.4 Å². The number of aliphatic hydroxyl groups excluding tert-OH is 1. The van der Waals surface area contributed by atoms with Gasteiger partial charge in [0.2, 0.25) is 12.2 Å². The van der Waals surface area contributed by atoms with Crippen molar-refractivity contribution in [1.29, 1.82) is 0 Å². The Balaban J connectivity index is 1.71. The van der Waals surface area contributed by atoms with Crippen molar-refractivity contribution in [2.75, 3.05) is 20.5 Å². The largest absolute Gasteiger partial charge is 0.481 e. The minimum absolute atomic E-state index is 0.198. The van der Waals surface area contributed by atoms with E-state index in [1.54, 1.807) is 25.4 Å². The van der Waals surface area contributed by atoms with Crippen LogP contribution < -0.4 is 14.2 Å². The summed E-state index contributed by atoms with van der Waals surface area (Å²) in [5.41, 5.74) is 3.32. The van der Waals surface area contributed by atoms with Gasteiger partial charge in [-0.2, -0.15) is 0 Å². The Bertz CT molecular complexity index is 874. The molecule has 2 aromatic rings. The number of aromatic nitrogens is 1. The summed E-state index contributed by atoms with van der Waals surface area (Å²) in [6.07, 6.45) is 0.589. The van der Waals surface area contributed by atoms with Crippen molar-refractivity contribution < 1.29 is 24.1 Å². The Kier molecular flexibility index (Phi) is 6.62. The topological polar surface area (TPSA) is 70.0 Å². The lowest BCUT2D eigenvalue weighted by molar-refractivity contribution is 0.0199. The number of fused-ring (bicyclic) bond motifs is 1. The molecule has 0 spiro atoms. The number of hydrogen-bond donors (Lipinski definition) is 1. The van der Waals surface area contributed by atoms with Gasteiger partial charge in [0.05, 0.1) is 7.11 Å². The molecule has 0 amide bonds. The quantitative estimate of drug-likeness (QED) is 0.391. The van der Waals surface area contributed by atoms with Gasteiger partial charge in [0.15, 0.2) is 6.79 Å². The highest BCUT2D eigenvalue weighted by atomic mass is 28.3. The van der Waals surface area contributed by atoms with E-state index in [0.29, 0.717) is 29.6 Å². The first-order valence-electron chi connectivity index (χ1n) is 9.69. The molecular formula is C22H29NO5Si. The Morgan fingerprint density at radius 1 is 1.17 bits per heavy atom. The lowest BCUT2D eigenvalue weighted by Crippen LogP contribution is -2.23. The van der Waals surface area contributed by atoms with Crippen LogP contribution in [0.1, 0.15) is 18.1 Å². The van der Waals surface area contributed by atoms with Crippen LogP contribution in [0.5, 0.6) is 17.4 Å². The molecule has 2 heterocycles. The maximum absolute atomic E-state index is 10.6. The predicted octanol–water partition coefficient (Wildman–Crippen LogP) is 4.42. The maximum atomic E-state index is 10.6. The third-order valence-corrected chi connectivity index (χ3v) is 6.51. The normalized spacial score (nSPS) is 16.3. The zero-order chi connectivity index (χ0) is 21.0. The first-order valence-corrected chi connectivity index (χ1v) is 13.4. The minimum Gasteiger partial charge on any atom is -0.481 e. The fourth-order valence-corrected chi connectivity index (χ4v) is 3.83. The van der Waals surface area contributed by atoms with E-state index >= 15 is 0 Å². The summed E-state index contributed by atoms with van der Waals surface area (Å²) in [5, 5.41) is 10.6. The molecule has 1 N–H and O–H groups in total. The molecule has 156 valence electrons. The van der Waals surface area contributed by atoms with E-state index in [1.165, 1.54) is 0 Å². The predicted molar refractivity (Wildman–Crippen MR) is 116 cm³/mol. The van der Waals surface area contributed by atoms with Gasteiger partial charge >= 0.3 is 0 Å². The van der Waals surface area contributed by atoms with Crippen LogP contribution in [-0.2, 0) is 4.74 Å². The molecule has 0 bridgehead atoms. The minimum atomic E-state index is -1.11. The second kappa shape index (κ2) is 8.98. The van der Waals surface area contributed by atoms with Crippen LogP contribution in [0.25, 0.3) is 11.1 Å². The molecule has 0 saturated heterocycles. The van der Waals surface area contributed by atoms with E-state index in [9.17, 15) is 5.11 Å². The maximum Gasteiger partial charge on any atom is 0.225 e. The molecule has 0 saturated carbocycles. The first-order chi connectivity index (χ1) is 13.8. The number of pyridine rings is 1. The number of benzene rings is 1. The lowest BCUT2D eigenvalue weighted by atomic mass is 9.93. The highest BCUT2D eigenvalue weighted by Crippen LogP contribution is 2.41. The second-order valence-electron chi connectivity index (χ2n) is 8.24. The fraction of sp³-hybridized carbons (Fsp3) is 0.409. The smallest absolute Gasteiger partial charge is 0.225 e. The van der Waals surface area contributed by atoms with Crippen LogP contribution in [0.15, 0.2) is 36.5 Å². The third kappa shape index (κ3) is 5.38. The number of methoxy groups -OCH3 is 1. The average Bonchev–Trinajstić information content (AvgIpc) is 2.67. The van der Waals surface area contributed by atoms with Gasteiger partial charge in [-0.1, -0.05) is 19.6 Å². The van der Waals surface area contributed by atoms with Crippen molar-refractivity contribution >= 4 is 19.2 Å². The number of rotatable bonds is 8. The molecule has 1 aromatic carbocycles. The van der Waals surface area contributed by atoms with Crippen LogP contribution in [-0.4, -0.2) is 45.0 Å². The van der Waals surface area contributed by atoms with E-state index in [1.807, 2.05) is 25.1 Å². The van der Waals surface area contributed by atoms with Crippen LogP contribution in [0.3, 0.4) is 0 Å². The van der Waals surface area contributed by atoms with Gasteiger partial charge in [0, 0.05) is 49.7 Å². The average molecular weight is 416 g/mol. The van der Waals surface area contributed by atoms with E-state index in [-0.39, 0.29) is 6.79 Å². The van der Waals surface area contributed by atoms with Gasteiger partial charge in [0.25, 0.3) is 0 Å². The molecule has 0 fully saturated rings. The Morgan fingerprint density at radius 3 is 2.62 bits per heavy atom. The molecule has 1 aromatic heterocycles. The molecule has 6 nitrogen and oxygen atoms in total. The standard InChI is InChI=1S/C22H29NO5Si/c1-15-18-8-7-17(27-14-26-10-11-29(3,4)5)12-19(18)28-22(24)21(15)16-6-9-20(25-2)23-13-16/h6-9,12-13,22,24H,10-11,14H2,1-5H3. The highest BCUT2D eigenvalue weighted by Gasteiger charge is 2.26. The second-order valence-corrected chi connectivity index (χ2v) is 13.9. The van der Waals surface area contributed by atoms with E-state index in [4.69, 9.17) is 18.9 Å². The van der Waals surface area contributed by atoms with Gasteiger partial charge in [-0.15, -0.1) is 0 Å². The van der Waals surface area contributed by atoms with Crippen LogP contribution in [0.2, 0.25) is 25.7 Å². The summed E-state index contributed by atoms with van der Waals surface area (Å²) >= 11 is 0. The summed E-state index contributed by atoms with van der Waals surface area (Å²) in [6, 6.07) is 10.3. The molecule has 0 aliphatic carbocycles. The Morgan fingerprint density at radius 2 is 1.97 bits per heavy atom. The number of allylic oxidation sites excluding steroid dienone is 1. The van der Waals surface area contributed by atoms with Gasteiger partial charge in [-0.3, -0.25) is 0 Å². The fourth-order valence-electron chi connectivity index (χ4n) is 3.08. The Labute approximate surface area is 173 Å². The van der Waals surface area contributed by atoms with Crippen molar-refractivity contribution in [2.24, 2.45) is 0 Å². The summed E-state index contributed by atoms with van der Waals surface area (Å²) in [7, 11) is 0.462. The van der Waals surface area contributed by atoms with E-state index in [2.05, 4.69) is 24.6 Å². The van der Waals surface area contributed by atoms with Crippen LogP contribution >= 0.6 is 0 Å². The number of hydrogen-bond acceptors (Lipinski definition) is 6. The van der Waals surface area contributed by atoms with Crippen molar-refractivity contribution in [3.63, 3.8) is 0 Å². The molecule has 29 heavy (non-hydrogen) atoms. The number of aliphatic hydroxyl groups is 1. The summed E-state index contributed by atoms with van der Waals surface area (Å²) in [5.74, 6) is 1.75. The van der Waals surface area contributed by atoms with Crippen molar-refractivity contribution in [3.05, 3.63) is 47.7 Å². The van der Waals surface area contributed by atoms with Crippen molar-refractivity contribution in [2.45, 2.75) is 38.9 Å². The molecule has 3 rings (SSSR count). The molecule has 7 heteroatoms. The first kappa shape index (κ1) is 21.4. The molecule has 1 atom stereocenters. The summed E-state index contributed by atoms with van der Waals surface area (Å²) < 4.78 is 22.1. The third-order valence-electron chi connectivity index (χ3n) is 4.81. The monoisotopic (exact) mass is 415 g/mol. The van der Waals surface area contributed by atoms with Gasteiger partial charge in [-0.05, 0) is 36.7 Å². The highest BCUT2D eigenvalue weighted by molar-refractivity contribution is 6.76. The molecule has 1 aliphatic rings. The van der Waals surface area contributed by atoms with E-state index < -0.39 is 14.4 Å². The van der Waals surface area contributed by atoms with Gasteiger partial charge in [-0.25, -0.2) is 4.98 Å². The SMILES string of the molecule is COc1ccc(C2=C(C)c3ccc(OCOCC[Si](C)(C)C)cc3OC2O)cn1. The van der Waals surface area contributed by atoms with Crippen LogP contribution in [0, 0.1) is 0 Å². The molecule has 0 radical (unpaired) electrons. The van der Waals surface area contributed by atoms with Gasteiger partial charge in [0.1, 0.15) is 11.5 Å². The van der Waals surface area contributed by atoms with Gasteiger partial charge < -0.3 is 24.1 Å². The zero-order valence-electron chi connectivity index (χ0n) is 17.7. The lowest BCUT2D eigenvalue weighted by Gasteiger charge is -2.27. The number of nitrogens with zero attached hydrogens (tertiary/aromatic N) is 1. The molecule has 1 unspecified atom stereocenters. The molecular weight excluding hydrogens is 386 g/mol. The zero-order valence-corrected chi connectivity index (χ0v) is 18.7. The molecule has 1 aliphatic heterocycles. The number of ether oxygens (including phenoxy) is 4. The van der Waals surface area contributed by atoms with E-state index in [0.717, 1.165) is 22.7 Å². The van der Waals surface area contributed by atoms with Crippen molar-refractivity contribution in [1.82, 2.24) is 4.98 Å². The van der Waals surface area contributed by atoms with Crippen LogP contribution in [0.4, 0.5) is 0 Å². The summed E-state index contributed by atoms with van der Waals surface area (Å²) in [6.45, 7) is 9.81.